The van der Waals surface area contributed by atoms with E-state index in [9.17, 15) is 4.79 Å². The van der Waals surface area contributed by atoms with Crippen LogP contribution in [0, 0.1) is 5.92 Å². The van der Waals surface area contributed by atoms with Gasteiger partial charge in [-0.25, -0.2) is 4.68 Å². The molecule has 1 aliphatic heterocycles. The molecule has 1 saturated heterocycles. The molecule has 2 heterocycles. The van der Waals surface area contributed by atoms with Crippen LogP contribution in [0.3, 0.4) is 0 Å². The highest BCUT2D eigenvalue weighted by Crippen LogP contribution is 2.20. The Balaban J connectivity index is 1.90. The maximum absolute atomic E-state index is 11.6. The van der Waals surface area contributed by atoms with Crippen LogP contribution in [0.1, 0.15) is 19.8 Å². The third kappa shape index (κ3) is 3.48. The van der Waals surface area contributed by atoms with Crippen LogP contribution in [-0.2, 0) is 7.05 Å². The van der Waals surface area contributed by atoms with Gasteiger partial charge in [-0.3, -0.25) is 4.79 Å². The average Bonchev–Trinajstić information content (AvgIpc) is 2.45. The fourth-order valence-electron chi connectivity index (χ4n) is 2.40. The Morgan fingerprint density at radius 3 is 2.79 bits per heavy atom. The number of aryl methyl sites for hydroxylation is 1. The smallest absolute Gasteiger partial charge is 0.287 e. The SMILES string of the molecule is CCN1CCC(CNc2cnn(C)c(=O)c2Cl)CC1. The number of nitrogens with zero attached hydrogens (tertiary/aromatic N) is 3. The molecule has 19 heavy (non-hydrogen) atoms. The zero-order valence-electron chi connectivity index (χ0n) is 11.5. The molecule has 1 aromatic heterocycles. The van der Waals surface area contributed by atoms with E-state index in [-0.39, 0.29) is 10.6 Å². The minimum atomic E-state index is -0.257. The van der Waals surface area contributed by atoms with Gasteiger partial charge in [-0.1, -0.05) is 18.5 Å². The second-order valence-corrected chi connectivity index (χ2v) is 5.44. The van der Waals surface area contributed by atoms with Gasteiger partial charge in [-0.15, -0.1) is 0 Å². The van der Waals surface area contributed by atoms with Crippen LogP contribution >= 0.6 is 11.6 Å². The lowest BCUT2D eigenvalue weighted by Crippen LogP contribution is -2.35. The molecule has 0 atom stereocenters. The topological polar surface area (TPSA) is 50.2 Å². The Labute approximate surface area is 118 Å². The van der Waals surface area contributed by atoms with Crippen LogP contribution < -0.4 is 10.9 Å². The van der Waals surface area contributed by atoms with Crippen molar-refractivity contribution >= 4 is 17.3 Å². The number of halogens is 1. The molecule has 2 rings (SSSR count). The first kappa shape index (κ1) is 14.3. The van der Waals surface area contributed by atoms with Crippen molar-refractivity contribution in [2.75, 3.05) is 31.5 Å². The minimum Gasteiger partial charge on any atom is -0.382 e. The van der Waals surface area contributed by atoms with Crippen molar-refractivity contribution in [3.63, 3.8) is 0 Å². The predicted octanol–water partition coefficient (Wildman–Crippen LogP) is 1.58. The highest BCUT2D eigenvalue weighted by atomic mass is 35.5. The van der Waals surface area contributed by atoms with Crippen LogP contribution in [0.25, 0.3) is 0 Å². The monoisotopic (exact) mass is 284 g/mol. The lowest BCUT2D eigenvalue weighted by molar-refractivity contribution is 0.198. The number of nitrogens with one attached hydrogen (secondary N) is 1. The summed E-state index contributed by atoms with van der Waals surface area (Å²) in [5, 5.41) is 7.46. The van der Waals surface area contributed by atoms with E-state index in [4.69, 9.17) is 11.6 Å². The van der Waals surface area contributed by atoms with Gasteiger partial charge < -0.3 is 10.2 Å². The Bertz CT molecular complexity index is 480. The Morgan fingerprint density at radius 2 is 2.16 bits per heavy atom. The summed E-state index contributed by atoms with van der Waals surface area (Å²) in [6, 6.07) is 0. The average molecular weight is 285 g/mol. The van der Waals surface area contributed by atoms with E-state index in [1.165, 1.54) is 17.5 Å². The van der Waals surface area contributed by atoms with Crippen molar-refractivity contribution in [3.8, 4) is 0 Å². The van der Waals surface area contributed by atoms with Gasteiger partial charge in [0.1, 0.15) is 5.02 Å². The summed E-state index contributed by atoms with van der Waals surface area (Å²) in [7, 11) is 1.60. The summed E-state index contributed by atoms with van der Waals surface area (Å²) < 4.78 is 1.24. The highest BCUT2D eigenvalue weighted by molar-refractivity contribution is 6.32. The van der Waals surface area contributed by atoms with E-state index >= 15 is 0 Å². The number of likely N-dealkylation sites (tertiary alicyclic amines) is 1. The molecule has 1 N–H and O–H groups in total. The zero-order valence-corrected chi connectivity index (χ0v) is 12.3. The number of aromatic nitrogens is 2. The van der Waals surface area contributed by atoms with Crippen LogP contribution in [0.5, 0.6) is 0 Å². The summed E-state index contributed by atoms with van der Waals surface area (Å²) in [4.78, 5) is 14.1. The molecule has 0 radical (unpaired) electrons. The molecule has 0 unspecified atom stereocenters. The summed E-state index contributed by atoms with van der Waals surface area (Å²) in [6.45, 7) is 6.50. The molecule has 106 valence electrons. The number of anilines is 1. The normalized spacial score (nSPS) is 17.6. The molecule has 0 aliphatic carbocycles. The van der Waals surface area contributed by atoms with Gasteiger partial charge in [0, 0.05) is 13.6 Å². The standard InChI is InChI=1S/C13H21ClN4O/c1-3-18-6-4-10(5-7-18)8-15-11-9-16-17(2)13(19)12(11)14/h9-10,15H,3-8H2,1-2H3. The summed E-state index contributed by atoms with van der Waals surface area (Å²) in [6.07, 6.45) is 4.00. The Hall–Kier alpha value is -1.07. The molecule has 1 aliphatic rings. The molecule has 0 spiro atoms. The van der Waals surface area contributed by atoms with Gasteiger partial charge in [0.2, 0.25) is 0 Å². The molecular weight excluding hydrogens is 264 g/mol. The van der Waals surface area contributed by atoms with E-state index in [2.05, 4.69) is 22.2 Å². The molecule has 5 nitrogen and oxygen atoms in total. The number of rotatable bonds is 4. The van der Waals surface area contributed by atoms with E-state index in [1.54, 1.807) is 13.2 Å². The summed E-state index contributed by atoms with van der Waals surface area (Å²) >= 11 is 6.02. The molecule has 0 saturated carbocycles. The van der Waals surface area contributed by atoms with Crippen LogP contribution in [0.4, 0.5) is 5.69 Å². The van der Waals surface area contributed by atoms with Gasteiger partial charge in [-0.05, 0) is 38.4 Å². The van der Waals surface area contributed by atoms with Gasteiger partial charge in [0.25, 0.3) is 5.56 Å². The molecule has 1 fully saturated rings. The summed E-state index contributed by atoms with van der Waals surface area (Å²) in [5.74, 6) is 0.642. The Morgan fingerprint density at radius 1 is 1.47 bits per heavy atom. The van der Waals surface area contributed by atoms with Gasteiger partial charge in [-0.2, -0.15) is 5.10 Å². The van der Waals surface area contributed by atoms with Gasteiger partial charge in [0.05, 0.1) is 11.9 Å². The van der Waals surface area contributed by atoms with Crippen molar-refractivity contribution in [2.24, 2.45) is 13.0 Å². The largest absolute Gasteiger partial charge is 0.382 e. The minimum absolute atomic E-state index is 0.225. The molecule has 1 aromatic rings. The third-order valence-electron chi connectivity index (χ3n) is 3.81. The summed E-state index contributed by atoms with van der Waals surface area (Å²) in [5.41, 5.74) is 0.384. The zero-order chi connectivity index (χ0) is 13.8. The van der Waals surface area contributed by atoms with Gasteiger partial charge >= 0.3 is 0 Å². The first-order valence-corrected chi connectivity index (χ1v) is 7.17. The van der Waals surface area contributed by atoms with Gasteiger partial charge in [0.15, 0.2) is 0 Å². The molecule has 0 bridgehead atoms. The van der Waals surface area contributed by atoms with Crippen molar-refractivity contribution < 1.29 is 0 Å². The first-order chi connectivity index (χ1) is 9.11. The van der Waals surface area contributed by atoms with Crippen molar-refractivity contribution in [3.05, 3.63) is 21.6 Å². The van der Waals surface area contributed by atoms with Crippen molar-refractivity contribution in [1.29, 1.82) is 0 Å². The van der Waals surface area contributed by atoms with Crippen LogP contribution in [0.15, 0.2) is 11.0 Å². The first-order valence-electron chi connectivity index (χ1n) is 6.79. The second kappa shape index (κ2) is 6.39. The lowest BCUT2D eigenvalue weighted by atomic mass is 9.97. The number of hydrogen-bond acceptors (Lipinski definition) is 4. The van der Waals surface area contributed by atoms with E-state index in [0.29, 0.717) is 11.6 Å². The molecule has 0 aromatic carbocycles. The second-order valence-electron chi connectivity index (χ2n) is 5.06. The van der Waals surface area contributed by atoms with Crippen LogP contribution in [-0.4, -0.2) is 40.9 Å². The highest BCUT2D eigenvalue weighted by Gasteiger charge is 2.18. The lowest BCUT2D eigenvalue weighted by Gasteiger charge is -2.31. The van der Waals surface area contributed by atoms with Crippen molar-refractivity contribution in [1.82, 2.24) is 14.7 Å². The molecule has 0 amide bonds. The number of hydrogen-bond donors (Lipinski definition) is 1. The van der Waals surface area contributed by atoms with E-state index in [0.717, 1.165) is 26.2 Å². The number of piperidine rings is 1. The fraction of sp³-hybridized carbons (Fsp3) is 0.692. The predicted molar refractivity (Wildman–Crippen MR) is 77.8 cm³/mol. The van der Waals surface area contributed by atoms with E-state index in [1.807, 2.05) is 0 Å². The maximum Gasteiger partial charge on any atom is 0.287 e. The molecule has 6 heteroatoms. The van der Waals surface area contributed by atoms with Crippen LogP contribution in [0.2, 0.25) is 5.02 Å². The maximum atomic E-state index is 11.6. The Kier molecular flexibility index (Phi) is 4.82. The quantitative estimate of drug-likeness (QED) is 0.912. The van der Waals surface area contributed by atoms with E-state index < -0.39 is 0 Å². The van der Waals surface area contributed by atoms with Crippen molar-refractivity contribution in [2.45, 2.75) is 19.8 Å². The fourth-order valence-corrected chi connectivity index (χ4v) is 2.63. The third-order valence-corrected chi connectivity index (χ3v) is 4.18. The molecular formula is C13H21ClN4O.